The lowest BCUT2D eigenvalue weighted by molar-refractivity contribution is 0.390. The summed E-state index contributed by atoms with van der Waals surface area (Å²) < 4.78 is 0. The van der Waals surface area contributed by atoms with Crippen molar-refractivity contribution in [1.82, 2.24) is 0 Å². The van der Waals surface area contributed by atoms with E-state index in [2.05, 4.69) is 32.6 Å². The fourth-order valence-electron chi connectivity index (χ4n) is 1.76. The van der Waals surface area contributed by atoms with Gasteiger partial charge >= 0.3 is 0 Å². The largest absolute Gasteiger partial charge is 0.106 e. The van der Waals surface area contributed by atoms with Gasteiger partial charge in [-0.15, -0.1) is 5.92 Å². The molecule has 14 heavy (non-hydrogen) atoms. The molecule has 0 aliphatic heterocycles. The Hall–Kier alpha value is -0.440. The van der Waals surface area contributed by atoms with E-state index in [0.29, 0.717) is 5.92 Å². The van der Waals surface area contributed by atoms with Crippen LogP contribution >= 0.6 is 0 Å². The molecule has 0 radical (unpaired) electrons. The summed E-state index contributed by atoms with van der Waals surface area (Å²) in [7, 11) is 0. The van der Waals surface area contributed by atoms with E-state index in [0.717, 1.165) is 5.92 Å². The third kappa shape index (κ3) is 6.08. The fourth-order valence-corrected chi connectivity index (χ4v) is 1.76. The molecule has 2 unspecified atom stereocenters. The van der Waals surface area contributed by atoms with Gasteiger partial charge in [-0.05, 0) is 19.3 Å². The summed E-state index contributed by atoms with van der Waals surface area (Å²) in [5.74, 6) is 7.84. The summed E-state index contributed by atoms with van der Waals surface area (Å²) in [5.41, 5.74) is 0. The Morgan fingerprint density at radius 2 is 1.79 bits per heavy atom. The van der Waals surface area contributed by atoms with Gasteiger partial charge in [0.05, 0.1) is 0 Å². The van der Waals surface area contributed by atoms with Crippen LogP contribution in [-0.4, -0.2) is 0 Å². The first-order chi connectivity index (χ1) is 6.76. The monoisotopic (exact) mass is 194 g/mol. The van der Waals surface area contributed by atoms with Gasteiger partial charge in [-0.25, -0.2) is 0 Å². The van der Waals surface area contributed by atoms with Crippen LogP contribution in [0.2, 0.25) is 0 Å². The van der Waals surface area contributed by atoms with Crippen LogP contribution in [-0.2, 0) is 0 Å². The molecule has 0 aromatic heterocycles. The minimum atomic E-state index is 0.641. The molecule has 0 spiro atoms. The number of rotatable bonds is 7. The maximum atomic E-state index is 3.36. The fraction of sp³-hybridized carbons (Fsp3) is 0.857. The predicted molar refractivity (Wildman–Crippen MR) is 65.2 cm³/mol. The van der Waals surface area contributed by atoms with E-state index in [1.165, 1.54) is 38.5 Å². The molecule has 2 atom stereocenters. The van der Waals surface area contributed by atoms with E-state index in [4.69, 9.17) is 0 Å². The lowest BCUT2D eigenvalue weighted by Gasteiger charge is -2.17. The van der Waals surface area contributed by atoms with Crippen LogP contribution in [0, 0.1) is 23.7 Å². The minimum absolute atomic E-state index is 0.641. The third-order valence-electron chi connectivity index (χ3n) is 3.03. The first-order valence-electron chi connectivity index (χ1n) is 6.18. The zero-order chi connectivity index (χ0) is 10.8. The van der Waals surface area contributed by atoms with Gasteiger partial charge in [-0.3, -0.25) is 0 Å². The van der Waals surface area contributed by atoms with E-state index in [1.807, 2.05) is 6.92 Å². The molecule has 0 N–H and O–H groups in total. The molecule has 0 aromatic rings. The summed E-state index contributed by atoms with van der Waals surface area (Å²) in [6.07, 6.45) is 8.01. The van der Waals surface area contributed by atoms with Crippen molar-refractivity contribution in [3.63, 3.8) is 0 Å². The molecule has 0 saturated heterocycles. The van der Waals surface area contributed by atoms with Crippen molar-refractivity contribution in [1.29, 1.82) is 0 Å². The Labute approximate surface area is 90.5 Å². The van der Waals surface area contributed by atoms with Crippen molar-refractivity contribution < 1.29 is 0 Å². The van der Waals surface area contributed by atoms with Crippen LogP contribution in [0.25, 0.3) is 0 Å². The highest BCUT2D eigenvalue weighted by molar-refractivity contribution is 5.02. The van der Waals surface area contributed by atoms with Crippen molar-refractivity contribution in [2.45, 2.75) is 66.2 Å². The normalized spacial score (nSPS) is 14.3. The Balaban J connectivity index is 3.77. The molecule has 0 heterocycles. The Kier molecular flexibility index (Phi) is 8.84. The predicted octanol–water partition coefficient (Wildman–Crippen LogP) is 4.64. The molecule has 0 rings (SSSR count). The zero-order valence-electron chi connectivity index (χ0n) is 10.4. The second-order valence-corrected chi connectivity index (χ2v) is 4.24. The molecule has 0 fully saturated rings. The van der Waals surface area contributed by atoms with Crippen molar-refractivity contribution in [3.05, 3.63) is 0 Å². The van der Waals surface area contributed by atoms with Gasteiger partial charge in [0.1, 0.15) is 0 Å². The Bertz CT molecular complexity index is 170. The molecule has 0 nitrogen and oxygen atoms in total. The van der Waals surface area contributed by atoms with Crippen LogP contribution in [0.15, 0.2) is 0 Å². The quantitative estimate of drug-likeness (QED) is 0.409. The van der Waals surface area contributed by atoms with Crippen LogP contribution < -0.4 is 0 Å². The molecule has 0 amide bonds. The maximum absolute atomic E-state index is 3.36. The lowest BCUT2D eigenvalue weighted by atomic mass is 9.87. The van der Waals surface area contributed by atoms with Crippen molar-refractivity contribution in [2.24, 2.45) is 11.8 Å². The van der Waals surface area contributed by atoms with Crippen LogP contribution in [0.5, 0.6) is 0 Å². The Morgan fingerprint density at radius 3 is 2.29 bits per heavy atom. The number of hydrogen-bond acceptors (Lipinski definition) is 0. The maximum Gasteiger partial charge on any atom is 0.0228 e. The van der Waals surface area contributed by atoms with E-state index in [9.17, 15) is 0 Å². The van der Waals surface area contributed by atoms with Crippen LogP contribution in [0.3, 0.4) is 0 Å². The number of unbranched alkanes of at least 4 members (excludes halogenated alkanes) is 3. The van der Waals surface area contributed by atoms with Crippen molar-refractivity contribution in [2.75, 3.05) is 0 Å². The molecule has 0 bridgehead atoms. The van der Waals surface area contributed by atoms with E-state index in [-0.39, 0.29) is 0 Å². The minimum Gasteiger partial charge on any atom is -0.106 e. The first-order valence-corrected chi connectivity index (χ1v) is 6.18. The molecular weight excluding hydrogens is 168 g/mol. The summed E-state index contributed by atoms with van der Waals surface area (Å²) in [6.45, 7) is 8.81. The highest BCUT2D eigenvalue weighted by atomic mass is 14.2. The highest BCUT2D eigenvalue weighted by Gasteiger charge is 2.11. The van der Waals surface area contributed by atoms with Gasteiger partial charge in [0, 0.05) is 5.92 Å². The van der Waals surface area contributed by atoms with Gasteiger partial charge in [0.25, 0.3) is 0 Å². The van der Waals surface area contributed by atoms with Gasteiger partial charge < -0.3 is 0 Å². The molecule has 82 valence electrons. The average molecular weight is 194 g/mol. The summed E-state index contributed by atoms with van der Waals surface area (Å²) in [6, 6.07) is 0. The second-order valence-electron chi connectivity index (χ2n) is 4.24. The van der Waals surface area contributed by atoms with E-state index >= 15 is 0 Å². The zero-order valence-corrected chi connectivity index (χ0v) is 10.4. The smallest absolute Gasteiger partial charge is 0.0228 e. The van der Waals surface area contributed by atoms with Crippen LogP contribution in [0.4, 0.5) is 0 Å². The van der Waals surface area contributed by atoms with E-state index < -0.39 is 0 Å². The first kappa shape index (κ1) is 13.6. The molecule has 0 aromatic carbocycles. The van der Waals surface area contributed by atoms with Crippen molar-refractivity contribution >= 4 is 0 Å². The van der Waals surface area contributed by atoms with Gasteiger partial charge in [0.15, 0.2) is 0 Å². The topological polar surface area (TPSA) is 0 Å². The molecule has 0 heteroatoms. The molecule has 0 saturated carbocycles. The van der Waals surface area contributed by atoms with Gasteiger partial charge in [-0.2, -0.15) is 0 Å². The van der Waals surface area contributed by atoms with Crippen LogP contribution in [0.1, 0.15) is 66.2 Å². The summed E-state index contributed by atoms with van der Waals surface area (Å²) in [5, 5.41) is 0. The van der Waals surface area contributed by atoms with Gasteiger partial charge in [-0.1, -0.05) is 58.8 Å². The number of hydrogen-bond donors (Lipinski definition) is 0. The standard InChI is InChI=1S/C14H26/c1-5-8-9-10-12-14(11-6-2)13(4)7-3/h13-14H,5,7-10,12H2,1-4H3. The van der Waals surface area contributed by atoms with Gasteiger partial charge in [0.2, 0.25) is 0 Å². The average Bonchev–Trinajstić information content (AvgIpc) is 2.21. The summed E-state index contributed by atoms with van der Waals surface area (Å²) in [4.78, 5) is 0. The SMILES string of the molecule is CC#CC(CCCCCC)C(C)CC. The van der Waals surface area contributed by atoms with Crippen molar-refractivity contribution in [3.8, 4) is 11.8 Å². The molecule has 0 aliphatic rings. The molecule has 0 aliphatic carbocycles. The lowest BCUT2D eigenvalue weighted by Crippen LogP contribution is -2.08. The third-order valence-corrected chi connectivity index (χ3v) is 3.03. The summed E-state index contributed by atoms with van der Waals surface area (Å²) >= 11 is 0. The second kappa shape index (κ2) is 9.13. The van der Waals surface area contributed by atoms with E-state index in [1.54, 1.807) is 0 Å². The molecular formula is C14H26. The highest BCUT2D eigenvalue weighted by Crippen LogP contribution is 2.21. The Morgan fingerprint density at radius 1 is 1.07 bits per heavy atom.